The highest BCUT2D eigenvalue weighted by molar-refractivity contribution is 8.00. The van der Waals surface area contributed by atoms with E-state index in [0.29, 0.717) is 21.3 Å². The van der Waals surface area contributed by atoms with Crippen molar-refractivity contribution >= 4 is 58.6 Å². The van der Waals surface area contributed by atoms with Crippen molar-refractivity contribution in [2.24, 2.45) is 0 Å². The lowest BCUT2D eigenvalue weighted by Crippen LogP contribution is -2.37. The summed E-state index contributed by atoms with van der Waals surface area (Å²) in [6.07, 6.45) is -0.501. The average Bonchev–Trinajstić information content (AvgIpc) is 3.02. The number of halogens is 2. The molecule has 0 saturated heterocycles. The standard InChI is InChI=1S/C21H22Cl2N2O4S/c1-21(2,3)29-20(27)25-11-17(19(26)28-4)16-10-14(5-6-18(16)25)24-30-15-8-12(22)7-13(23)9-15/h5-10,17,24H,11H2,1-4H3. The van der Waals surface area contributed by atoms with E-state index in [1.165, 1.54) is 24.0 Å². The van der Waals surface area contributed by atoms with Crippen LogP contribution in [0, 0.1) is 0 Å². The third-order valence-corrected chi connectivity index (χ3v) is 5.53. The first-order chi connectivity index (χ1) is 14.1. The molecule has 0 radical (unpaired) electrons. The molecule has 0 saturated carbocycles. The Labute approximate surface area is 189 Å². The van der Waals surface area contributed by atoms with Crippen molar-refractivity contribution in [2.45, 2.75) is 37.2 Å². The van der Waals surface area contributed by atoms with Gasteiger partial charge in [-0.15, -0.1) is 0 Å². The average molecular weight is 469 g/mol. The molecule has 1 atom stereocenters. The molecular weight excluding hydrogens is 447 g/mol. The summed E-state index contributed by atoms with van der Waals surface area (Å²) in [7, 11) is 1.33. The highest BCUT2D eigenvalue weighted by Gasteiger charge is 2.39. The first-order valence-corrected chi connectivity index (χ1v) is 10.8. The summed E-state index contributed by atoms with van der Waals surface area (Å²) in [6, 6.07) is 10.7. The van der Waals surface area contributed by atoms with Crippen LogP contribution < -0.4 is 9.62 Å². The van der Waals surface area contributed by atoms with Crippen LogP contribution in [0.3, 0.4) is 0 Å². The van der Waals surface area contributed by atoms with Gasteiger partial charge in [0, 0.05) is 27.2 Å². The molecule has 2 aromatic rings. The minimum atomic E-state index is -0.642. The van der Waals surface area contributed by atoms with Gasteiger partial charge in [-0.3, -0.25) is 9.69 Å². The van der Waals surface area contributed by atoms with E-state index >= 15 is 0 Å². The fourth-order valence-electron chi connectivity index (χ4n) is 3.06. The summed E-state index contributed by atoms with van der Waals surface area (Å²) >= 11 is 13.4. The van der Waals surface area contributed by atoms with E-state index in [1.54, 1.807) is 45.0 Å². The number of carbonyl (C=O) groups is 2. The number of nitrogens with zero attached hydrogens (tertiary/aromatic N) is 1. The lowest BCUT2D eigenvalue weighted by atomic mass is 10.0. The molecule has 1 unspecified atom stereocenters. The Hall–Kier alpha value is -2.09. The molecule has 6 nitrogen and oxygen atoms in total. The number of anilines is 2. The number of methoxy groups -OCH3 is 1. The molecule has 30 heavy (non-hydrogen) atoms. The third kappa shape index (κ3) is 5.33. The quantitative estimate of drug-likeness (QED) is 0.430. The lowest BCUT2D eigenvalue weighted by Gasteiger charge is -2.25. The Morgan fingerprint density at radius 1 is 1.13 bits per heavy atom. The molecule has 1 N–H and O–H groups in total. The summed E-state index contributed by atoms with van der Waals surface area (Å²) in [5.74, 6) is -1.00. The van der Waals surface area contributed by atoms with Crippen LogP contribution >= 0.6 is 35.1 Å². The molecule has 9 heteroatoms. The van der Waals surface area contributed by atoms with E-state index in [9.17, 15) is 9.59 Å². The number of carbonyl (C=O) groups excluding carboxylic acids is 2. The number of ether oxygens (including phenoxy) is 2. The van der Waals surface area contributed by atoms with Gasteiger partial charge in [-0.2, -0.15) is 0 Å². The highest BCUT2D eigenvalue weighted by Crippen LogP contribution is 2.40. The predicted octanol–water partition coefficient (Wildman–Crippen LogP) is 6.12. The van der Waals surface area contributed by atoms with E-state index in [2.05, 4.69) is 4.72 Å². The topological polar surface area (TPSA) is 67.9 Å². The minimum Gasteiger partial charge on any atom is -0.468 e. The number of amides is 1. The molecule has 2 aromatic carbocycles. The molecule has 0 fully saturated rings. The highest BCUT2D eigenvalue weighted by atomic mass is 35.5. The van der Waals surface area contributed by atoms with E-state index in [-0.39, 0.29) is 6.54 Å². The number of benzene rings is 2. The summed E-state index contributed by atoms with van der Waals surface area (Å²) < 4.78 is 13.6. The Balaban J connectivity index is 1.85. The number of hydrogen-bond donors (Lipinski definition) is 1. The zero-order chi connectivity index (χ0) is 22.1. The van der Waals surface area contributed by atoms with Gasteiger partial charge in [0.2, 0.25) is 0 Å². The summed E-state index contributed by atoms with van der Waals surface area (Å²) in [5.41, 5.74) is 1.44. The monoisotopic (exact) mass is 468 g/mol. The minimum absolute atomic E-state index is 0.164. The third-order valence-electron chi connectivity index (χ3n) is 4.28. The molecule has 0 aliphatic carbocycles. The maximum absolute atomic E-state index is 12.6. The SMILES string of the molecule is COC(=O)C1CN(C(=O)OC(C)(C)C)c2ccc(NSc3cc(Cl)cc(Cl)c3)cc21. The van der Waals surface area contributed by atoms with Crippen LogP contribution in [0.4, 0.5) is 16.2 Å². The number of esters is 1. The first kappa shape index (κ1) is 22.6. The number of nitrogens with one attached hydrogen (secondary N) is 1. The van der Waals surface area contributed by atoms with Crippen LogP contribution in [0.15, 0.2) is 41.3 Å². The van der Waals surface area contributed by atoms with Crippen molar-refractivity contribution in [3.8, 4) is 0 Å². The van der Waals surface area contributed by atoms with E-state index in [1.807, 2.05) is 12.1 Å². The second kappa shape index (κ2) is 8.96. The second-order valence-corrected chi connectivity index (χ2v) is 9.50. The van der Waals surface area contributed by atoms with Crippen molar-refractivity contribution in [3.05, 3.63) is 52.0 Å². The van der Waals surface area contributed by atoms with Crippen LogP contribution in [0.5, 0.6) is 0 Å². The normalized spacial score (nSPS) is 15.5. The van der Waals surface area contributed by atoms with Crippen molar-refractivity contribution in [2.75, 3.05) is 23.3 Å². The number of rotatable bonds is 4. The second-order valence-electron chi connectivity index (χ2n) is 7.75. The van der Waals surface area contributed by atoms with Gasteiger partial charge in [-0.1, -0.05) is 23.2 Å². The van der Waals surface area contributed by atoms with Crippen LogP contribution in [0.2, 0.25) is 10.0 Å². The zero-order valence-corrected chi connectivity index (χ0v) is 19.3. The molecule has 1 heterocycles. The van der Waals surface area contributed by atoms with Gasteiger partial charge in [-0.25, -0.2) is 4.79 Å². The maximum Gasteiger partial charge on any atom is 0.414 e. The van der Waals surface area contributed by atoms with Gasteiger partial charge in [0.15, 0.2) is 0 Å². The maximum atomic E-state index is 12.6. The van der Waals surface area contributed by atoms with Crippen LogP contribution in [-0.4, -0.2) is 31.3 Å². The molecule has 1 amide bonds. The van der Waals surface area contributed by atoms with Gasteiger partial charge < -0.3 is 14.2 Å². The van der Waals surface area contributed by atoms with Crippen molar-refractivity contribution < 1.29 is 19.1 Å². The Morgan fingerprint density at radius 3 is 2.40 bits per heavy atom. The van der Waals surface area contributed by atoms with Crippen LogP contribution in [0.1, 0.15) is 32.3 Å². The molecule has 0 spiro atoms. The predicted molar refractivity (Wildman–Crippen MR) is 121 cm³/mol. The van der Waals surface area contributed by atoms with Gasteiger partial charge in [0.1, 0.15) is 11.5 Å². The van der Waals surface area contributed by atoms with Gasteiger partial charge in [0.05, 0.1) is 12.8 Å². The van der Waals surface area contributed by atoms with Crippen molar-refractivity contribution in [3.63, 3.8) is 0 Å². The Bertz CT molecular complexity index is 958. The molecule has 0 bridgehead atoms. The summed E-state index contributed by atoms with van der Waals surface area (Å²) in [5, 5.41) is 1.08. The molecular formula is C21H22Cl2N2O4S. The molecule has 3 rings (SSSR count). The molecule has 0 aromatic heterocycles. The molecule has 1 aliphatic heterocycles. The van der Waals surface area contributed by atoms with Gasteiger partial charge >= 0.3 is 12.1 Å². The van der Waals surface area contributed by atoms with Crippen LogP contribution in [-0.2, 0) is 14.3 Å². The smallest absolute Gasteiger partial charge is 0.414 e. The molecule has 160 valence electrons. The van der Waals surface area contributed by atoms with E-state index in [4.69, 9.17) is 32.7 Å². The van der Waals surface area contributed by atoms with Crippen molar-refractivity contribution in [1.29, 1.82) is 0 Å². The summed E-state index contributed by atoms with van der Waals surface area (Å²) in [6.45, 7) is 5.56. The van der Waals surface area contributed by atoms with E-state index in [0.717, 1.165) is 10.6 Å². The number of fused-ring (bicyclic) bond motifs is 1. The largest absolute Gasteiger partial charge is 0.468 e. The van der Waals surface area contributed by atoms with Crippen molar-refractivity contribution in [1.82, 2.24) is 0 Å². The molecule has 1 aliphatic rings. The zero-order valence-electron chi connectivity index (χ0n) is 17.0. The first-order valence-electron chi connectivity index (χ1n) is 9.18. The number of hydrogen-bond acceptors (Lipinski definition) is 6. The fourth-order valence-corrected chi connectivity index (χ4v) is 4.45. The Morgan fingerprint density at radius 2 is 1.80 bits per heavy atom. The van der Waals surface area contributed by atoms with Crippen LogP contribution in [0.25, 0.3) is 0 Å². The summed E-state index contributed by atoms with van der Waals surface area (Å²) in [4.78, 5) is 27.3. The Kier molecular flexibility index (Phi) is 6.75. The lowest BCUT2D eigenvalue weighted by molar-refractivity contribution is -0.141. The van der Waals surface area contributed by atoms with Gasteiger partial charge in [0.25, 0.3) is 0 Å². The van der Waals surface area contributed by atoms with E-state index < -0.39 is 23.6 Å². The fraction of sp³-hybridized carbons (Fsp3) is 0.333. The van der Waals surface area contributed by atoms with Gasteiger partial charge in [-0.05, 0) is 74.7 Å².